The maximum Gasteiger partial charge on any atom is 0.243 e. The fraction of sp³-hybridized carbons (Fsp3) is 0.667. The average molecular weight is 278 g/mol. The highest BCUT2D eigenvalue weighted by Gasteiger charge is 2.47. The molecule has 1 fully saturated rings. The molecule has 0 saturated heterocycles. The third-order valence-corrected chi connectivity index (χ3v) is 5.63. The third-order valence-electron chi connectivity index (χ3n) is 4.63. The molecule has 1 aliphatic carbocycles. The van der Waals surface area contributed by atoms with Gasteiger partial charge in [0, 0.05) is 11.4 Å². The van der Waals surface area contributed by atoms with Gasteiger partial charge in [-0.25, -0.2) is 0 Å². The molecule has 0 bridgehead atoms. The summed E-state index contributed by atoms with van der Waals surface area (Å²) in [6, 6.07) is 2.41. The summed E-state index contributed by atoms with van der Waals surface area (Å²) in [6.45, 7) is 4.90. The molecule has 3 nitrogen and oxygen atoms in total. The summed E-state index contributed by atoms with van der Waals surface area (Å²) >= 11 is 1.82. The molecule has 19 heavy (non-hydrogen) atoms. The Kier molecular flexibility index (Phi) is 3.18. The summed E-state index contributed by atoms with van der Waals surface area (Å²) in [7, 11) is 0. The zero-order chi connectivity index (χ0) is 13.6. The van der Waals surface area contributed by atoms with E-state index in [0.717, 1.165) is 32.2 Å². The Balaban J connectivity index is 1.87. The second-order valence-corrected chi connectivity index (χ2v) is 7.03. The van der Waals surface area contributed by atoms with Crippen LogP contribution < -0.4 is 5.73 Å². The van der Waals surface area contributed by atoms with Crippen molar-refractivity contribution in [3.05, 3.63) is 21.9 Å². The number of hydrogen-bond acceptors (Lipinski definition) is 3. The van der Waals surface area contributed by atoms with Crippen molar-refractivity contribution in [2.24, 2.45) is 11.7 Å². The zero-order valence-electron chi connectivity index (χ0n) is 11.7. The molecule has 2 atom stereocenters. The summed E-state index contributed by atoms with van der Waals surface area (Å²) in [5.74, 6) is 0.542. The minimum Gasteiger partial charge on any atom is -0.334 e. The van der Waals surface area contributed by atoms with E-state index in [0.29, 0.717) is 5.92 Å². The number of nitrogens with two attached hydrogens (primary N) is 1. The highest BCUT2D eigenvalue weighted by Crippen LogP contribution is 2.42. The van der Waals surface area contributed by atoms with E-state index in [1.165, 1.54) is 10.4 Å². The Bertz CT molecular complexity index is 490. The van der Waals surface area contributed by atoms with Gasteiger partial charge >= 0.3 is 0 Å². The molecule has 1 aromatic rings. The van der Waals surface area contributed by atoms with Crippen molar-refractivity contribution < 1.29 is 4.79 Å². The van der Waals surface area contributed by atoms with Crippen LogP contribution in [0.2, 0.25) is 0 Å². The standard InChI is InChI=1S/C15H22N2OS/c1-3-12-11-7-9-19-13(11)6-8-17(12)14(18)15(2,16)10-4-5-10/h7,9-10,12H,3-6,8,16H2,1-2H3. The Labute approximate surface area is 118 Å². The largest absolute Gasteiger partial charge is 0.334 e. The molecule has 2 heterocycles. The van der Waals surface area contributed by atoms with Crippen molar-refractivity contribution in [1.82, 2.24) is 4.90 Å². The lowest BCUT2D eigenvalue weighted by Crippen LogP contribution is -2.56. The Morgan fingerprint density at radius 1 is 1.58 bits per heavy atom. The highest BCUT2D eigenvalue weighted by atomic mass is 32.1. The molecule has 1 aromatic heterocycles. The van der Waals surface area contributed by atoms with E-state index in [1.807, 2.05) is 23.2 Å². The van der Waals surface area contributed by atoms with Gasteiger partial charge < -0.3 is 10.6 Å². The number of amides is 1. The molecule has 2 aliphatic rings. The van der Waals surface area contributed by atoms with E-state index in [-0.39, 0.29) is 11.9 Å². The van der Waals surface area contributed by atoms with Gasteiger partial charge in [-0.05, 0) is 55.5 Å². The van der Waals surface area contributed by atoms with Crippen molar-refractivity contribution in [2.75, 3.05) is 6.54 Å². The normalized spacial score (nSPS) is 25.8. The van der Waals surface area contributed by atoms with Crippen LogP contribution in [0.4, 0.5) is 0 Å². The van der Waals surface area contributed by atoms with Crippen LogP contribution in [0.1, 0.15) is 49.6 Å². The molecular weight excluding hydrogens is 256 g/mol. The van der Waals surface area contributed by atoms with Crippen LogP contribution in [0.5, 0.6) is 0 Å². The maximum atomic E-state index is 12.8. The fourth-order valence-electron chi connectivity index (χ4n) is 3.25. The van der Waals surface area contributed by atoms with Gasteiger partial charge in [-0.2, -0.15) is 0 Å². The smallest absolute Gasteiger partial charge is 0.243 e. The van der Waals surface area contributed by atoms with Crippen molar-refractivity contribution in [3.8, 4) is 0 Å². The minimum absolute atomic E-state index is 0.152. The van der Waals surface area contributed by atoms with Gasteiger partial charge in [0.1, 0.15) is 0 Å². The molecular formula is C15H22N2OS. The topological polar surface area (TPSA) is 46.3 Å². The quantitative estimate of drug-likeness (QED) is 0.924. The molecule has 1 amide bonds. The van der Waals surface area contributed by atoms with E-state index >= 15 is 0 Å². The first-order valence-electron chi connectivity index (χ1n) is 7.22. The Morgan fingerprint density at radius 2 is 2.32 bits per heavy atom. The van der Waals surface area contributed by atoms with Gasteiger partial charge in [0.25, 0.3) is 0 Å². The Hall–Kier alpha value is -0.870. The molecule has 4 heteroatoms. The first-order valence-corrected chi connectivity index (χ1v) is 8.10. The van der Waals surface area contributed by atoms with Crippen LogP contribution >= 0.6 is 11.3 Å². The molecule has 3 rings (SSSR count). The first kappa shape index (κ1) is 13.1. The monoisotopic (exact) mass is 278 g/mol. The lowest BCUT2D eigenvalue weighted by atomic mass is 9.91. The van der Waals surface area contributed by atoms with E-state index in [2.05, 4.69) is 18.4 Å². The second-order valence-electron chi connectivity index (χ2n) is 6.03. The van der Waals surface area contributed by atoms with Crippen LogP contribution in [-0.4, -0.2) is 22.9 Å². The molecule has 0 spiro atoms. The molecule has 1 aliphatic heterocycles. The lowest BCUT2D eigenvalue weighted by molar-refractivity contribution is -0.140. The number of thiophene rings is 1. The molecule has 2 N–H and O–H groups in total. The fourth-order valence-corrected chi connectivity index (χ4v) is 4.18. The number of fused-ring (bicyclic) bond motifs is 1. The molecule has 104 valence electrons. The predicted octanol–water partition coefficient (Wildman–Crippen LogP) is 2.71. The van der Waals surface area contributed by atoms with E-state index in [1.54, 1.807) is 0 Å². The second kappa shape index (κ2) is 4.60. The van der Waals surface area contributed by atoms with Gasteiger partial charge in [0.2, 0.25) is 5.91 Å². The van der Waals surface area contributed by atoms with Gasteiger partial charge in [-0.1, -0.05) is 6.92 Å². The van der Waals surface area contributed by atoms with Gasteiger partial charge in [0.05, 0.1) is 11.6 Å². The van der Waals surface area contributed by atoms with Crippen molar-refractivity contribution >= 4 is 17.2 Å². The van der Waals surface area contributed by atoms with Crippen LogP contribution in [0, 0.1) is 5.92 Å². The number of rotatable bonds is 3. The van der Waals surface area contributed by atoms with Crippen LogP contribution in [0.25, 0.3) is 0 Å². The van der Waals surface area contributed by atoms with Crippen LogP contribution in [0.15, 0.2) is 11.4 Å². The lowest BCUT2D eigenvalue weighted by Gasteiger charge is -2.40. The summed E-state index contributed by atoms with van der Waals surface area (Å²) in [6.07, 6.45) is 4.16. The minimum atomic E-state index is -0.666. The zero-order valence-corrected chi connectivity index (χ0v) is 12.5. The van der Waals surface area contributed by atoms with Crippen molar-refractivity contribution in [2.45, 2.75) is 51.1 Å². The third kappa shape index (κ3) is 2.11. The van der Waals surface area contributed by atoms with Crippen molar-refractivity contribution in [3.63, 3.8) is 0 Å². The van der Waals surface area contributed by atoms with E-state index in [4.69, 9.17) is 5.73 Å². The number of carbonyl (C=O) groups is 1. The van der Waals surface area contributed by atoms with Gasteiger partial charge in [0.15, 0.2) is 0 Å². The molecule has 0 aromatic carbocycles. The number of carbonyl (C=O) groups excluding carboxylic acids is 1. The molecule has 2 unspecified atom stereocenters. The first-order chi connectivity index (χ1) is 9.05. The summed E-state index contributed by atoms with van der Waals surface area (Å²) < 4.78 is 0. The highest BCUT2D eigenvalue weighted by molar-refractivity contribution is 7.10. The van der Waals surface area contributed by atoms with Gasteiger partial charge in [-0.15, -0.1) is 11.3 Å². The van der Waals surface area contributed by atoms with Crippen molar-refractivity contribution in [1.29, 1.82) is 0 Å². The predicted molar refractivity (Wildman–Crippen MR) is 78.1 cm³/mol. The van der Waals surface area contributed by atoms with Gasteiger partial charge in [-0.3, -0.25) is 4.79 Å². The molecule has 1 saturated carbocycles. The summed E-state index contributed by atoms with van der Waals surface area (Å²) in [5.41, 5.74) is 7.00. The summed E-state index contributed by atoms with van der Waals surface area (Å²) in [5, 5.41) is 2.14. The average Bonchev–Trinajstić information content (AvgIpc) is 3.16. The maximum absolute atomic E-state index is 12.8. The SMILES string of the molecule is CCC1c2ccsc2CCN1C(=O)C(C)(N)C1CC1. The van der Waals surface area contributed by atoms with E-state index < -0.39 is 5.54 Å². The van der Waals surface area contributed by atoms with Crippen LogP contribution in [0.3, 0.4) is 0 Å². The molecule has 0 radical (unpaired) electrons. The summed E-state index contributed by atoms with van der Waals surface area (Å²) in [4.78, 5) is 16.3. The van der Waals surface area contributed by atoms with Crippen LogP contribution in [-0.2, 0) is 11.2 Å². The number of hydrogen-bond donors (Lipinski definition) is 1. The number of nitrogens with zero attached hydrogens (tertiary/aromatic N) is 1. The van der Waals surface area contributed by atoms with E-state index in [9.17, 15) is 4.79 Å². The Morgan fingerprint density at radius 3 is 2.95 bits per heavy atom.